The Morgan fingerprint density at radius 3 is 2.66 bits per heavy atom. The molecule has 6 atom stereocenters. The van der Waals surface area contributed by atoms with Gasteiger partial charge in [0.25, 0.3) is 0 Å². The minimum atomic E-state index is -4.63. The number of hydrogen-bond donors (Lipinski definition) is 3. The maximum Gasteiger partial charge on any atom is 0.433 e. The van der Waals surface area contributed by atoms with E-state index in [0.29, 0.717) is 18.1 Å². The first kappa shape index (κ1) is 21.8. The highest BCUT2D eigenvalue weighted by Gasteiger charge is 2.47. The Morgan fingerprint density at radius 2 is 2.00 bits per heavy atom. The smallest absolute Gasteiger partial charge is 0.433 e. The van der Waals surface area contributed by atoms with Gasteiger partial charge >= 0.3 is 6.18 Å². The van der Waals surface area contributed by atoms with Crippen LogP contribution in [0.15, 0.2) is 23.3 Å². The van der Waals surface area contributed by atoms with Crippen LogP contribution in [0, 0.1) is 5.92 Å². The monoisotopic (exact) mass is 417 g/mol. The van der Waals surface area contributed by atoms with Crippen molar-refractivity contribution < 1.29 is 32.9 Å². The summed E-state index contributed by atoms with van der Waals surface area (Å²) in [5.74, 6) is 0.131. The molecule has 29 heavy (non-hydrogen) atoms. The molecule has 162 valence electrons. The lowest BCUT2D eigenvalue weighted by atomic mass is 9.90. The van der Waals surface area contributed by atoms with E-state index in [-0.39, 0.29) is 11.9 Å². The topological polar surface area (TPSA) is 96.2 Å². The van der Waals surface area contributed by atoms with E-state index in [0.717, 1.165) is 12.5 Å². The van der Waals surface area contributed by atoms with Gasteiger partial charge in [-0.1, -0.05) is 19.9 Å². The van der Waals surface area contributed by atoms with Gasteiger partial charge in [0.1, 0.15) is 24.0 Å². The van der Waals surface area contributed by atoms with Crippen LogP contribution in [0.2, 0.25) is 0 Å². The molecule has 0 radical (unpaired) electrons. The summed E-state index contributed by atoms with van der Waals surface area (Å²) in [5, 5.41) is 25.1. The number of nitrogens with zero attached hydrogens (tertiary/aromatic N) is 2. The lowest BCUT2D eigenvalue weighted by Crippen LogP contribution is -2.61. The quantitative estimate of drug-likeness (QED) is 0.679. The molecule has 2 aliphatic rings. The predicted octanol–water partition coefficient (Wildman–Crippen LogP) is 2.12. The molecule has 0 aromatic carbocycles. The normalized spacial score (nSPS) is 32.8. The summed E-state index contributed by atoms with van der Waals surface area (Å²) in [6.07, 6.45) is -8.53. The number of nitrogens with one attached hydrogen (secondary N) is 1. The fourth-order valence-corrected chi connectivity index (χ4v) is 3.62. The molecule has 3 heterocycles. The Kier molecular flexibility index (Phi) is 6.35. The zero-order valence-electron chi connectivity index (χ0n) is 16.4. The average molecular weight is 417 g/mol. The molecule has 0 bridgehead atoms. The largest absolute Gasteiger partial charge is 0.468 e. The third kappa shape index (κ3) is 4.99. The summed E-state index contributed by atoms with van der Waals surface area (Å²) in [5.41, 5.74) is 2.51. The van der Waals surface area contributed by atoms with Crippen LogP contribution in [-0.2, 0) is 10.9 Å². The van der Waals surface area contributed by atoms with Crippen molar-refractivity contribution in [3.8, 4) is 5.88 Å². The van der Waals surface area contributed by atoms with Crippen LogP contribution in [0.25, 0.3) is 0 Å². The third-order valence-electron chi connectivity index (χ3n) is 5.03. The molecule has 3 rings (SSSR count). The number of hydrogen-bond acceptors (Lipinski definition) is 7. The van der Waals surface area contributed by atoms with Gasteiger partial charge in [-0.2, -0.15) is 18.3 Å². The van der Waals surface area contributed by atoms with Gasteiger partial charge in [0.2, 0.25) is 5.88 Å². The second-order valence-electron chi connectivity index (χ2n) is 7.95. The van der Waals surface area contributed by atoms with Crippen LogP contribution < -0.4 is 10.2 Å². The first-order valence-corrected chi connectivity index (χ1v) is 9.60. The van der Waals surface area contributed by atoms with Crippen molar-refractivity contribution in [2.75, 3.05) is 0 Å². The van der Waals surface area contributed by atoms with Crippen LogP contribution in [0.3, 0.4) is 0 Å². The number of hydrazone groups is 1. The highest BCUT2D eigenvalue weighted by atomic mass is 19.4. The molecule has 1 fully saturated rings. The molecule has 1 aromatic rings. The lowest BCUT2D eigenvalue weighted by Gasteiger charge is -2.41. The van der Waals surface area contributed by atoms with E-state index in [1.807, 2.05) is 0 Å². The van der Waals surface area contributed by atoms with Crippen molar-refractivity contribution in [1.29, 1.82) is 0 Å². The second kappa shape index (κ2) is 8.45. The molecule has 1 aromatic heterocycles. The molecule has 7 nitrogen and oxygen atoms in total. The van der Waals surface area contributed by atoms with Gasteiger partial charge in [0, 0.05) is 18.5 Å². The van der Waals surface area contributed by atoms with E-state index < -0.39 is 42.4 Å². The fourth-order valence-electron chi connectivity index (χ4n) is 3.62. The molecule has 0 amide bonds. The Hall–Kier alpha value is -1.91. The molecular weight excluding hydrogens is 391 g/mol. The third-order valence-corrected chi connectivity index (χ3v) is 5.03. The van der Waals surface area contributed by atoms with Gasteiger partial charge in [0.05, 0.1) is 11.8 Å². The number of alkyl halides is 3. The molecule has 3 N–H and O–H groups in total. The van der Waals surface area contributed by atoms with E-state index >= 15 is 0 Å². The molecule has 1 unspecified atom stereocenters. The lowest BCUT2D eigenvalue weighted by molar-refractivity contribution is -0.192. The number of aliphatic hydroxyl groups is 2. The standard InChI is InChI=1S/C19H26F3N3O4/c1-9(2)7-11-8-12(25-24-11)17-18(16(27)15(26)10(3)28-17)29-14-6-4-5-13(23-14)19(20,21)22/h4-6,9-11,15-18,24,26-27H,7-8H2,1-3H3/t10-,11?,15+,16+,17-,18-/m1/s1. The maximum atomic E-state index is 12.9. The molecule has 2 aliphatic heterocycles. The Bertz CT molecular complexity index is 744. The van der Waals surface area contributed by atoms with Crippen LogP contribution in [-0.4, -0.2) is 57.5 Å². The van der Waals surface area contributed by atoms with Crippen molar-refractivity contribution in [1.82, 2.24) is 10.4 Å². The summed E-state index contributed by atoms with van der Waals surface area (Å²) < 4.78 is 50.3. The van der Waals surface area contributed by atoms with Crippen LogP contribution in [0.1, 0.15) is 39.3 Å². The number of halogens is 3. The Balaban J connectivity index is 1.82. The Morgan fingerprint density at radius 1 is 1.28 bits per heavy atom. The van der Waals surface area contributed by atoms with Gasteiger partial charge in [0.15, 0.2) is 6.10 Å². The van der Waals surface area contributed by atoms with Gasteiger partial charge in [-0.05, 0) is 25.3 Å². The predicted molar refractivity (Wildman–Crippen MR) is 98.4 cm³/mol. The number of ether oxygens (including phenoxy) is 2. The van der Waals surface area contributed by atoms with Gasteiger partial charge in [-0.15, -0.1) is 0 Å². The van der Waals surface area contributed by atoms with E-state index in [1.165, 1.54) is 12.1 Å². The SMILES string of the molecule is CC(C)CC1CC([C@H]2O[C@H](C)[C@H](O)[C@H](O)[C@H]2Oc2cccc(C(F)(F)F)n2)=NN1. The molecule has 0 saturated carbocycles. The van der Waals surface area contributed by atoms with E-state index in [2.05, 4.69) is 29.4 Å². The van der Waals surface area contributed by atoms with Crippen molar-refractivity contribution in [3.63, 3.8) is 0 Å². The average Bonchev–Trinajstić information content (AvgIpc) is 3.09. The zero-order valence-corrected chi connectivity index (χ0v) is 16.4. The summed E-state index contributed by atoms with van der Waals surface area (Å²) in [7, 11) is 0. The minimum Gasteiger partial charge on any atom is -0.468 e. The van der Waals surface area contributed by atoms with Crippen molar-refractivity contribution in [2.24, 2.45) is 11.0 Å². The zero-order chi connectivity index (χ0) is 21.3. The number of aromatic nitrogens is 1. The van der Waals surface area contributed by atoms with E-state index in [4.69, 9.17) is 9.47 Å². The van der Waals surface area contributed by atoms with Crippen LogP contribution >= 0.6 is 0 Å². The molecule has 0 aliphatic carbocycles. The van der Waals surface area contributed by atoms with Crippen molar-refractivity contribution >= 4 is 5.71 Å². The van der Waals surface area contributed by atoms with Crippen LogP contribution in [0.4, 0.5) is 13.2 Å². The fraction of sp³-hybridized carbons (Fsp3) is 0.684. The second-order valence-corrected chi connectivity index (χ2v) is 7.95. The van der Waals surface area contributed by atoms with E-state index in [9.17, 15) is 23.4 Å². The highest BCUT2D eigenvalue weighted by Crippen LogP contribution is 2.31. The number of aliphatic hydroxyl groups excluding tert-OH is 2. The van der Waals surface area contributed by atoms with Crippen molar-refractivity contribution in [2.45, 2.75) is 76.4 Å². The van der Waals surface area contributed by atoms with Crippen LogP contribution in [0.5, 0.6) is 5.88 Å². The molecule has 1 saturated heterocycles. The van der Waals surface area contributed by atoms with Gasteiger partial charge < -0.3 is 25.1 Å². The highest BCUT2D eigenvalue weighted by molar-refractivity contribution is 5.91. The number of pyridine rings is 1. The Labute approximate surface area is 166 Å². The number of rotatable bonds is 5. The van der Waals surface area contributed by atoms with Gasteiger partial charge in [-0.25, -0.2) is 4.98 Å². The first-order chi connectivity index (χ1) is 13.6. The molecule has 10 heteroatoms. The summed E-state index contributed by atoms with van der Waals surface area (Å²) >= 11 is 0. The van der Waals surface area contributed by atoms with Gasteiger partial charge in [-0.3, -0.25) is 0 Å². The summed E-state index contributed by atoms with van der Waals surface area (Å²) in [6, 6.07) is 3.36. The van der Waals surface area contributed by atoms with Crippen molar-refractivity contribution in [3.05, 3.63) is 23.9 Å². The minimum absolute atomic E-state index is 0.0974. The maximum absolute atomic E-state index is 12.9. The summed E-state index contributed by atoms with van der Waals surface area (Å²) in [4.78, 5) is 3.48. The first-order valence-electron chi connectivity index (χ1n) is 9.60. The van der Waals surface area contributed by atoms with E-state index in [1.54, 1.807) is 6.92 Å². The summed E-state index contributed by atoms with van der Waals surface area (Å²) in [6.45, 7) is 5.78. The molecule has 0 spiro atoms. The molecular formula is C19H26F3N3O4.